The summed E-state index contributed by atoms with van der Waals surface area (Å²) in [6.45, 7) is 12.9. The van der Waals surface area contributed by atoms with Crippen LogP contribution in [-0.2, 0) is 35.6 Å². The van der Waals surface area contributed by atoms with Gasteiger partial charge in [0, 0.05) is 30.3 Å². The topological polar surface area (TPSA) is 214 Å². The minimum Gasteiger partial charge on any atom is -0.492 e. The van der Waals surface area contributed by atoms with Gasteiger partial charge in [0.1, 0.15) is 47.2 Å². The Kier molecular flexibility index (Phi) is 13.7. The number of amides is 4. The number of para-hydroxylation sites is 1. The standard InChI is InChI=1S/C54H69FN8O9S/c1-6-33-30-54(33,50(66)61-73(68,69)53(5)22-23-53)60-47(64)42-29-35-31-63(42)49(65)45(52(2,3)4)59-51(67)72-43-27-32(43)15-8-7-9-17-37-44(36-16-10-11-18-38(36)58-48(37)71-35)70-26-14-25-62-24-13-12-19-41(62)46-56-39-21-20-34(55)28-40(39)57-46/h6,10-11,16,18,20-21,28,32-33,35,41-43,45H,1,7-9,12-15,17,19,22-27,29-31H2,2-5H3,(H,56,57)(H,59,67)(H,60,64)(H,61,66)/t32-,33-,35-,41?,42+,43-,45-,54-/m1/s1. The molecule has 4 N–H and O–H groups in total. The van der Waals surface area contributed by atoms with Crippen molar-refractivity contribution in [2.75, 3.05) is 26.2 Å². The number of aromatic amines is 1. The average Bonchev–Trinajstić information content (AvgIpc) is 4.31. The first-order valence-corrected chi connectivity index (χ1v) is 27.7. The first-order valence-electron chi connectivity index (χ1n) is 26.3. The molecule has 8 atom stereocenters. The van der Waals surface area contributed by atoms with Crippen molar-refractivity contribution in [2.24, 2.45) is 17.3 Å². The van der Waals surface area contributed by atoms with Gasteiger partial charge in [-0.1, -0.05) is 58.2 Å². The fourth-order valence-electron chi connectivity index (χ4n) is 11.2. The van der Waals surface area contributed by atoms with E-state index in [0.717, 1.165) is 86.7 Å². The van der Waals surface area contributed by atoms with Crippen molar-refractivity contribution in [1.82, 2.24) is 40.1 Å². The van der Waals surface area contributed by atoms with Gasteiger partial charge in [0.2, 0.25) is 27.7 Å². The first kappa shape index (κ1) is 50.7. The van der Waals surface area contributed by atoms with Gasteiger partial charge in [-0.2, -0.15) is 0 Å². The number of halogens is 1. The largest absolute Gasteiger partial charge is 0.492 e. The highest BCUT2D eigenvalue weighted by Gasteiger charge is 2.63. The van der Waals surface area contributed by atoms with Crippen molar-refractivity contribution in [2.45, 2.75) is 158 Å². The molecular weight excluding hydrogens is 956 g/mol. The van der Waals surface area contributed by atoms with Crippen molar-refractivity contribution >= 4 is 55.8 Å². The molecule has 73 heavy (non-hydrogen) atoms. The summed E-state index contributed by atoms with van der Waals surface area (Å²) in [5, 5.41) is 6.55. The van der Waals surface area contributed by atoms with Crippen LogP contribution in [0, 0.1) is 23.1 Å². The molecule has 2 saturated heterocycles. The Morgan fingerprint density at radius 2 is 1.81 bits per heavy atom. The van der Waals surface area contributed by atoms with E-state index in [9.17, 15) is 27.2 Å². The number of likely N-dealkylation sites (tertiary alicyclic amines) is 1. The summed E-state index contributed by atoms with van der Waals surface area (Å²) < 4.78 is 61.4. The number of pyridine rings is 1. The summed E-state index contributed by atoms with van der Waals surface area (Å²) in [6, 6.07) is 10.1. The molecule has 5 fully saturated rings. The third-order valence-electron chi connectivity index (χ3n) is 16.1. The van der Waals surface area contributed by atoms with Crippen LogP contribution in [-0.4, -0.2) is 118 Å². The predicted molar refractivity (Wildman–Crippen MR) is 271 cm³/mol. The lowest BCUT2D eigenvalue weighted by atomic mass is 9.85. The van der Waals surface area contributed by atoms with E-state index in [-0.39, 0.29) is 43.3 Å². The van der Waals surface area contributed by atoms with Gasteiger partial charge in [0.15, 0.2) is 0 Å². The molecule has 3 aliphatic heterocycles. The first-order chi connectivity index (χ1) is 34.9. The van der Waals surface area contributed by atoms with Crippen LogP contribution in [0.15, 0.2) is 55.1 Å². The molecule has 392 valence electrons. The van der Waals surface area contributed by atoms with E-state index in [4.69, 9.17) is 24.2 Å². The van der Waals surface area contributed by atoms with Crippen molar-refractivity contribution in [3.63, 3.8) is 0 Å². The zero-order chi connectivity index (χ0) is 51.5. The van der Waals surface area contributed by atoms with E-state index >= 15 is 4.79 Å². The number of sulfonamides is 1. The predicted octanol–water partition coefficient (Wildman–Crippen LogP) is 7.30. The molecule has 3 aliphatic carbocycles. The molecule has 2 aromatic heterocycles. The van der Waals surface area contributed by atoms with E-state index in [1.807, 2.05) is 45.0 Å². The molecule has 4 aromatic rings. The smallest absolute Gasteiger partial charge is 0.408 e. The number of hydrogen-bond acceptors (Lipinski definition) is 12. The van der Waals surface area contributed by atoms with Gasteiger partial charge in [-0.3, -0.25) is 24.0 Å². The van der Waals surface area contributed by atoms with Gasteiger partial charge >= 0.3 is 6.09 Å². The minimum atomic E-state index is -4.04. The molecule has 0 spiro atoms. The van der Waals surface area contributed by atoms with Crippen LogP contribution in [0.1, 0.15) is 129 Å². The SMILES string of the molecule is C=C[C@@H]1C[C@]1(NC(=O)[C@@H]1C[C@@H]2CN1C(=O)[C@H](C(C)(C)C)NC(=O)O[C@@H]1C[C@H]1CCCCCc1c(nc3ccccc3c1OCCCN1CCCCC1c1nc3cc(F)ccc3[nH]1)O2)C(=O)NS(=O)(=O)C1(C)CC1. The lowest BCUT2D eigenvalue weighted by molar-refractivity contribution is -0.142. The van der Waals surface area contributed by atoms with Gasteiger partial charge < -0.3 is 34.7 Å². The molecule has 1 unspecified atom stereocenters. The molecule has 5 heterocycles. The maximum absolute atomic E-state index is 15.0. The number of aromatic nitrogens is 3. The van der Waals surface area contributed by atoms with Crippen molar-refractivity contribution in [1.29, 1.82) is 0 Å². The Bertz CT molecular complexity index is 2920. The third kappa shape index (κ3) is 10.5. The van der Waals surface area contributed by atoms with Gasteiger partial charge in [-0.15, -0.1) is 6.58 Å². The third-order valence-corrected chi connectivity index (χ3v) is 18.3. The summed E-state index contributed by atoms with van der Waals surface area (Å²) in [7, 11) is -4.04. The highest BCUT2D eigenvalue weighted by atomic mass is 32.2. The van der Waals surface area contributed by atoms with E-state index in [1.165, 1.54) is 23.1 Å². The zero-order valence-corrected chi connectivity index (χ0v) is 43.2. The summed E-state index contributed by atoms with van der Waals surface area (Å²) in [5.41, 5.74) is 0.425. The van der Waals surface area contributed by atoms with Crippen molar-refractivity contribution < 1.29 is 46.2 Å². The number of carbonyl (C=O) groups is 4. The second-order valence-electron chi connectivity index (χ2n) is 22.6. The Morgan fingerprint density at radius 1 is 1.01 bits per heavy atom. The maximum atomic E-state index is 15.0. The number of fused-ring (bicyclic) bond motifs is 6. The van der Waals surface area contributed by atoms with Gasteiger partial charge in [-0.05, 0) is 113 Å². The molecule has 4 amide bonds. The van der Waals surface area contributed by atoms with E-state index in [1.54, 1.807) is 13.0 Å². The quantitative estimate of drug-likeness (QED) is 0.0813. The monoisotopic (exact) mass is 1020 g/mol. The number of piperidine rings is 1. The Labute approximate surface area is 426 Å². The van der Waals surface area contributed by atoms with Gasteiger partial charge in [-0.25, -0.2) is 27.6 Å². The lowest BCUT2D eigenvalue weighted by Crippen LogP contribution is -2.60. The summed E-state index contributed by atoms with van der Waals surface area (Å²) in [6.07, 6.45) is 9.29. The average molecular weight is 1030 g/mol. The number of H-pyrrole nitrogens is 1. The van der Waals surface area contributed by atoms with E-state index in [2.05, 4.69) is 31.8 Å². The van der Waals surface area contributed by atoms with Crippen LogP contribution in [0.25, 0.3) is 21.9 Å². The highest BCUT2D eigenvalue weighted by Crippen LogP contribution is 2.48. The van der Waals surface area contributed by atoms with E-state index < -0.39 is 73.6 Å². The summed E-state index contributed by atoms with van der Waals surface area (Å²) in [4.78, 5) is 74.4. The molecule has 2 aromatic carbocycles. The molecule has 17 nitrogen and oxygen atoms in total. The number of carbonyl (C=O) groups excluding carboxylic acids is 4. The lowest BCUT2D eigenvalue weighted by Gasteiger charge is -2.35. The number of alkyl carbamates (subject to hydrolysis) is 1. The molecule has 0 radical (unpaired) electrons. The fraction of sp³-hybridized carbons (Fsp3) is 0.593. The second-order valence-corrected chi connectivity index (χ2v) is 24.8. The highest BCUT2D eigenvalue weighted by molar-refractivity contribution is 7.91. The van der Waals surface area contributed by atoms with Crippen molar-refractivity contribution in [3.05, 3.63) is 72.3 Å². The molecule has 19 heteroatoms. The van der Waals surface area contributed by atoms with Gasteiger partial charge in [0.05, 0.1) is 46.1 Å². The number of nitrogens with one attached hydrogen (secondary N) is 4. The number of benzene rings is 2. The number of hydrogen-bond donors (Lipinski definition) is 4. The number of rotatable bonds is 12. The van der Waals surface area contributed by atoms with Crippen LogP contribution in [0.5, 0.6) is 11.6 Å². The Hall–Kier alpha value is -5.82. The fourth-order valence-corrected chi connectivity index (χ4v) is 12.5. The maximum Gasteiger partial charge on any atom is 0.408 e. The molecule has 3 saturated carbocycles. The molecular formula is C54H69FN8O9S. The minimum absolute atomic E-state index is 0.00320. The number of ether oxygens (including phenoxy) is 3. The zero-order valence-electron chi connectivity index (χ0n) is 42.3. The molecule has 6 aliphatic rings. The van der Waals surface area contributed by atoms with E-state index in [0.29, 0.717) is 55.0 Å². The number of imidazole rings is 1. The molecule has 2 bridgehead atoms. The van der Waals surface area contributed by atoms with Crippen LogP contribution in [0.2, 0.25) is 0 Å². The van der Waals surface area contributed by atoms with Crippen LogP contribution >= 0.6 is 0 Å². The van der Waals surface area contributed by atoms with Crippen LogP contribution < -0.4 is 24.8 Å². The summed E-state index contributed by atoms with van der Waals surface area (Å²) >= 11 is 0. The normalized spacial score (nSPS) is 28.6. The Balaban J connectivity index is 0.938. The summed E-state index contributed by atoms with van der Waals surface area (Å²) in [5.74, 6) is -0.880. The second kappa shape index (κ2) is 19.8. The molecule has 10 rings (SSSR count). The Morgan fingerprint density at radius 3 is 2.58 bits per heavy atom. The van der Waals surface area contributed by atoms with Crippen LogP contribution in [0.4, 0.5) is 9.18 Å². The van der Waals surface area contributed by atoms with Gasteiger partial charge in [0.25, 0.3) is 5.91 Å². The van der Waals surface area contributed by atoms with Crippen LogP contribution in [0.3, 0.4) is 0 Å². The van der Waals surface area contributed by atoms with Crippen molar-refractivity contribution in [3.8, 4) is 11.6 Å². The number of nitrogens with zero attached hydrogens (tertiary/aromatic N) is 4.